The minimum absolute atomic E-state index is 0.0841. The van der Waals surface area contributed by atoms with Crippen molar-refractivity contribution < 1.29 is 14.3 Å². The van der Waals surface area contributed by atoms with E-state index in [1.54, 1.807) is 50.2 Å². The number of carbonyl (C=O) groups is 2. The van der Waals surface area contributed by atoms with Crippen molar-refractivity contribution >= 4 is 17.5 Å². The predicted molar refractivity (Wildman–Crippen MR) is 116 cm³/mol. The minimum atomic E-state index is -0.412. The number of rotatable bonds is 10. The van der Waals surface area contributed by atoms with Gasteiger partial charge < -0.3 is 15.4 Å². The van der Waals surface area contributed by atoms with E-state index in [2.05, 4.69) is 29.7 Å². The van der Waals surface area contributed by atoms with E-state index in [1.807, 2.05) is 18.2 Å². The van der Waals surface area contributed by atoms with Gasteiger partial charge >= 0.3 is 0 Å². The number of likely N-dealkylation sites (N-methyl/N-ethyl adjacent to an activating group) is 1. The highest BCUT2D eigenvalue weighted by Gasteiger charge is 2.21. The standard InChI is InChI=1S/C23H31N3O3/c1-5-18(19-9-7-6-8-10-19)15-24-23(28)17(2)26(3)16-22(27)25-20-11-13-21(29-4)14-12-20/h6-14,17-18H,5,15-16H2,1-4H3,(H,24,28)(H,25,27)/t17-,18-/m0/s1. The molecule has 29 heavy (non-hydrogen) atoms. The van der Waals surface area contributed by atoms with Crippen molar-refractivity contribution in [1.82, 2.24) is 10.2 Å². The molecule has 2 amide bonds. The molecule has 0 fully saturated rings. The molecule has 2 N–H and O–H groups in total. The third kappa shape index (κ3) is 6.91. The molecule has 2 aromatic rings. The zero-order valence-corrected chi connectivity index (χ0v) is 17.6. The van der Waals surface area contributed by atoms with Crippen molar-refractivity contribution in [3.63, 3.8) is 0 Å². The fourth-order valence-corrected chi connectivity index (χ4v) is 3.03. The first-order valence-corrected chi connectivity index (χ1v) is 9.91. The fraction of sp³-hybridized carbons (Fsp3) is 0.391. The van der Waals surface area contributed by atoms with Crippen LogP contribution in [0.1, 0.15) is 31.7 Å². The number of carbonyl (C=O) groups excluding carboxylic acids is 2. The summed E-state index contributed by atoms with van der Waals surface area (Å²) in [5.74, 6) is 0.745. The van der Waals surface area contributed by atoms with Crippen molar-refractivity contribution in [3.8, 4) is 5.75 Å². The quantitative estimate of drug-likeness (QED) is 0.646. The lowest BCUT2D eigenvalue weighted by Crippen LogP contribution is -2.46. The summed E-state index contributed by atoms with van der Waals surface area (Å²) in [6, 6.07) is 16.9. The number of benzene rings is 2. The number of amides is 2. The van der Waals surface area contributed by atoms with Gasteiger partial charge in [-0.25, -0.2) is 0 Å². The molecule has 0 radical (unpaired) electrons. The van der Waals surface area contributed by atoms with E-state index in [9.17, 15) is 9.59 Å². The topological polar surface area (TPSA) is 70.7 Å². The molecular weight excluding hydrogens is 366 g/mol. The van der Waals surface area contributed by atoms with Gasteiger partial charge in [0, 0.05) is 18.2 Å². The molecule has 0 aromatic heterocycles. The molecule has 156 valence electrons. The summed E-state index contributed by atoms with van der Waals surface area (Å²) in [6.45, 7) is 4.62. The van der Waals surface area contributed by atoms with E-state index < -0.39 is 6.04 Å². The van der Waals surface area contributed by atoms with Gasteiger partial charge in [0.2, 0.25) is 11.8 Å². The fourth-order valence-electron chi connectivity index (χ4n) is 3.03. The number of hydrogen-bond donors (Lipinski definition) is 2. The highest BCUT2D eigenvalue weighted by molar-refractivity contribution is 5.92. The van der Waals surface area contributed by atoms with Crippen LogP contribution in [-0.4, -0.2) is 50.0 Å². The molecule has 0 unspecified atom stereocenters. The number of ether oxygens (including phenoxy) is 1. The molecule has 0 saturated heterocycles. The van der Waals surface area contributed by atoms with Crippen LogP contribution in [0.4, 0.5) is 5.69 Å². The van der Waals surface area contributed by atoms with Crippen LogP contribution in [0.2, 0.25) is 0 Å². The predicted octanol–water partition coefficient (Wildman–Crippen LogP) is 3.26. The van der Waals surface area contributed by atoms with Gasteiger partial charge in [-0.3, -0.25) is 14.5 Å². The van der Waals surface area contributed by atoms with E-state index in [-0.39, 0.29) is 24.3 Å². The van der Waals surface area contributed by atoms with Gasteiger partial charge in [-0.1, -0.05) is 37.3 Å². The van der Waals surface area contributed by atoms with Crippen LogP contribution in [0.3, 0.4) is 0 Å². The van der Waals surface area contributed by atoms with E-state index in [0.717, 1.165) is 12.2 Å². The molecule has 2 atom stereocenters. The zero-order chi connectivity index (χ0) is 21.2. The molecule has 2 aromatic carbocycles. The van der Waals surface area contributed by atoms with E-state index in [1.165, 1.54) is 5.56 Å². The highest BCUT2D eigenvalue weighted by atomic mass is 16.5. The molecule has 0 aliphatic rings. The van der Waals surface area contributed by atoms with Crippen LogP contribution in [0, 0.1) is 0 Å². The van der Waals surface area contributed by atoms with Crippen LogP contribution in [0.15, 0.2) is 54.6 Å². The van der Waals surface area contributed by atoms with Crippen LogP contribution in [-0.2, 0) is 9.59 Å². The number of methoxy groups -OCH3 is 1. The summed E-state index contributed by atoms with van der Waals surface area (Å²) in [4.78, 5) is 26.6. The molecule has 0 spiro atoms. The first-order chi connectivity index (χ1) is 13.9. The average Bonchev–Trinajstić information content (AvgIpc) is 2.74. The molecule has 0 saturated carbocycles. The zero-order valence-electron chi connectivity index (χ0n) is 17.6. The van der Waals surface area contributed by atoms with Gasteiger partial charge in [-0.15, -0.1) is 0 Å². The smallest absolute Gasteiger partial charge is 0.238 e. The Bertz CT molecular complexity index is 778. The molecule has 2 rings (SSSR count). The summed E-state index contributed by atoms with van der Waals surface area (Å²) in [5, 5.41) is 5.85. The monoisotopic (exact) mass is 397 g/mol. The molecular formula is C23H31N3O3. The Morgan fingerprint density at radius 3 is 2.31 bits per heavy atom. The maximum Gasteiger partial charge on any atom is 0.238 e. The second-order valence-corrected chi connectivity index (χ2v) is 7.13. The molecule has 6 nitrogen and oxygen atoms in total. The Kier molecular flexibility index (Phi) is 8.68. The van der Waals surface area contributed by atoms with Crippen LogP contribution >= 0.6 is 0 Å². The Morgan fingerprint density at radius 2 is 1.72 bits per heavy atom. The van der Waals surface area contributed by atoms with Gasteiger partial charge in [0.15, 0.2) is 0 Å². The average molecular weight is 398 g/mol. The Morgan fingerprint density at radius 1 is 1.07 bits per heavy atom. The Labute approximate surface area is 173 Å². The number of nitrogens with one attached hydrogen (secondary N) is 2. The summed E-state index contributed by atoms with van der Waals surface area (Å²) in [5.41, 5.74) is 1.91. The molecule has 6 heteroatoms. The summed E-state index contributed by atoms with van der Waals surface area (Å²) >= 11 is 0. The van der Waals surface area contributed by atoms with Crippen molar-refractivity contribution in [2.75, 3.05) is 32.6 Å². The van der Waals surface area contributed by atoms with Crippen LogP contribution < -0.4 is 15.4 Å². The van der Waals surface area contributed by atoms with Crippen molar-refractivity contribution in [2.24, 2.45) is 0 Å². The van der Waals surface area contributed by atoms with Crippen molar-refractivity contribution in [2.45, 2.75) is 32.2 Å². The number of hydrogen-bond acceptors (Lipinski definition) is 4. The molecule has 0 aliphatic heterocycles. The number of nitrogens with zero attached hydrogens (tertiary/aromatic N) is 1. The second kappa shape index (κ2) is 11.2. The number of anilines is 1. The highest BCUT2D eigenvalue weighted by Crippen LogP contribution is 2.18. The molecule has 0 aliphatic carbocycles. The third-order valence-corrected chi connectivity index (χ3v) is 5.09. The third-order valence-electron chi connectivity index (χ3n) is 5.09. The van der Waals surface area contributed by atoms with E-state index >= 15 is 0 Å². The van der Waals surface area contributed by atoms with Crippen molar-refractivity contribution in [1.29, 1.82) is 0 Å². The molecule has 0 heterocycles. The second-order valence-electron chi connectivity index (χ2n) is 7.13. The van der Waals surface area contributed by atoms with E-state index in [0.29, 0.717) is 12.2 Å². The van der Waals surface area contributed by atoms with Gasteiger partial charge in [0.25, 0.3) is 0 Å². The molecule has 0 bridgehead atoms. The normalized spacial score (nSPS) is 12.9. The lowest BCUT2D eigenvalue weighted by atomic mass is 9.96. The Balaban J connectivity index is 1.82. The van der Waals surface area contributed by atoms with E-state index in [4.69, 9.17) is 4.74 Å². The summed E-state index contributed by atoms with van der Waals surface area (Å²) in [6.07, 6.45) is 0.943. The largest absolute Gasteiger partial charge is 0.497 e. The van der Waals surface area contributed by atoms with Gasteiger partial charge in [-0.05, 0) is 50.2 Å². The van der Waals surface area contributed by atoms with Gasteiger partial charge in [0.05, 0.1) is 19.7 Å². The first-order valence-electron chi connectivity index (χ1n) is 9.91. The SMILES string of the molecule is CC[C@@H](CNC(=O)[C@H](C)N(C)CC(=O)Nc1ccc(OC)cc1)c1ccccc1. The lowest BCUT2D eigenvalue weighted by molar-refractivity contribution is -0.126. The Hall–Kier alpha value is -2.86. The van der Waals surface area contributed by atoms with Gasteiger partial charge in [-0.2, -0.15) is 0 Å². The van der Waals surface area contributed by atoms with Crippen LogP contribution in [0.5, 0.6) is 5.75 Å². The maximum absolute atomic E-state index is 12.5. The summed E-state index contributed by atoms with van der Waals surface area (Å²) in [7, 11) is 3.36. The maximum atomic E-state index is 12.5. The van der Waals surface area contributed by atoms with Crippen molar-refractivity contribution in [3.05, 3.63) is 60.2 Å². The van der Waals surface area contributed by atoms with Crippen LogP contribution in [0.25, 0.3) is 0 Å². The lowest BCUT2D eigenvalue weighted by Gasteiger charge is -2.24. The minimum Gasteiger partial charge on any atom is -0.497 e. The summed E-state index contributed by atoms with van der Waals surface area (Å²) < 4.78 is 5.11. The first kappa shape index (κ1) is 22.4. The van der Waals surface area contributed by atoms with Gasteiger partial charge in [0.1, 0.15) is 5.75 Å².